The summed E-state index contributed by atoms with van der Waals surface area (Å²) in [5.41, 5.74) is 1.25. The van der Waals surface area contributed by atoms with E-state index < -0.39 is 0 Å². The van der Waals surface area contributed by atoms with Crippen molar-refractivity contribution >= 4 is 11.3 Å². The van der Waals surface area contributed by atoms with Crippen LogP contribution in [-0.2, 0) is 0 Å². The monoisotopic (exact) mass is 303 g/mol. The van der Waals surface area contributed by atoms with Crippen molar-refractivity contribution in [2.45, 2.75) is 31.9 Å². The largest absolute Gasteiger partial charge is 0.496 e. The summed E-state index contributed by atoms with van der Waals surface area (Å²) in [7, 11) is 1.71. The van der Waals surface area contributed by atoms with Gasteiger partial charge in [0.1, 0.15) is 11.5 Å². The molecule has 4 heteroatoms. The second-order valence-electron chi connectivity index (χ2n) is 5.27. The van der Waals surface area contributed by atoms with Gasteiger partial charge in [-0.15, -0.1) is 11.3 Å². The van der Waals surface area contributed by atoms with E-state index in [1.54, 1.807) is 18.4 Å². The van der Waals surface area contributed by atoms with Crippen molar-refractivity contribution in [1.29, 1.82) is 0 Å². The highest BCUT2D eigenvalue weighted by atomic mass is 32.1. The van der Waals surface area contributed by atoms with Crippen molar-refractivity contribution in [3.05, 3.63) is 46.2 Å². The molecule has 1 aliphatic carbocycles. The molecule has 1 heterocycles. The van der Waals surface area contributed by atoms with Gasteiger partial charge >= 0.3 is 0 Å². The average Bonchev–Trinajstić information content (AvgIpc) is 3.20. The Kier molecular flexibility index (Phi) is 4.46. The highest BCUT2D eigenvalue weighted by Gasteiger charge is 2.23. The van der Waals surface area contributed by atoms with E-state index in [1.165, 1.54) is 23.3 Å². The molecule has 1 N–H and O–H groups in total. The summed E-state index contributed by atoms with van der Waals surface area (Å²) in [5, 5.41) is 5.59. The van der Waals surface area contributed by atoms with Gasteiger partial charge in [-0.2, -0.15) is 0 Å². The lowest BCUT2D eigenvalue weighted by molar-refractivity contribution is 0.303. The third kappa shape index (κ3) is 3.57. The maximum absolute atomic E-state index is 5.81. The third-order valence-electron chi connectivity index (χ3n) is 3.56. The maximum Gasteiger partial charge on any atom is 0.129 e. The van der Waals surface area contributed by atoms with E-state index in [4.69, 9.17) is 9.47 Å². The van der Waals surface area contributed by atoms with E-state index in [9.17, 15) is 0 Å². The number of hydrogen-bond donors (Lipinski definition) is 1. The van der Waals surface area contributed by atoms with Gasteiger partial charge in [0.05, 0.1) is 19.3 Å². The van der Waals surface area contributed by atoms with Crippen LogP contribution in [0.25, 0.3) is 0 Å². The van der Waals surface area contributed by atoms with Crippen LogP contribution in [0.1, 0.15) is 36.2 Å². The van der Waals surface area contributed by atoms with Crippen LogP contribution in [0, 0.1) is 0 Å². The Morgan fingerprint density at radius 3 is 2.57 bits per heavy atom. The zero-order valence-electron chi connectivity index (χ0n) is 12.5. The number of thiophene rings is 1. The molecule has 1 saturated carbocycles. The molecule has 1 aliphatic rings. The lowest BCUT2D eigenvalue weighted by atomic mass is 10.1. The third-order valence-corrected chi connectivity index (χ3v) is 4.54. The Balaban J connectivity index is 1.78. The van der Waals surface area contributed by atoms with Crippen molar-refractivity contribution in [3.8, 4) is 11.5 Å². The molecule has 112 valence electrons. The molecule has 2 aromatic rings. The van der Waals surface area contributed by atoms with Gasteiger partial charge in [-0.3, -0.25) is 0 Å². The van der Waals surface area contributed by atoms with Crippen LogP contribution >= 0.6 is 11.3 Å². The highest BCUT2D eigenvalue weighted by molar-refractivity contribution is 7.10. The van der Waals surface area contributed by atoms with Crippen LogP contribution < -0.4 is 14.8 Å². The first-order valence-electron chi connectivity index (χ1n) is 7.42. The molecular formula is C17H21NO2S. The van der Waals surface area contributed by atoms with E-state index in [-0.39, 0.29) is 6.04 Å². The van der Waals surface area contributed by atoms with E-state index >= 15 is 0 Å². The highest BCUT2D eigenvalue weighted by Crippen LogP contribution is 2.32. The van der Waals surface area contributed by atoms with Crippen LogP contribution in [0.2, 0.25) is 0 Å². The maximum atomic E-state index is 5.81. The lowest BCUT2D eigenvalue weighted by Crippen LogP contribution is -2.21. The number of rotatable bonds is 7. The van der Waals surface area contributed by atoms with Gasteiger partial charge < -0.3 is 14.8 Å². The van der Waals surface area contributed by atoms with Gasteiger partial charge in [-0.1, -0.05) is 19.1 Å². The van der Waals surface area contributed by atoms with Gasteiger partial charge in [0, 0.05) is 10.3 Å². The van der Waals surface area contributed by atoms with Crippen LogP contribution in [0.5, 0.6) is 11.5 Å². The minimum Gasteiger partial charge on any atom is -0.496 e. The van der Waals surface area contributed by atoms with Crippen molar-refractivity contribution in [2.24, 2.45) is 0 Å². The smallest absolute Gasteiger partial charge is 0.129 e. The molecule has 1 atom stereocenters. The Morgan fingerprint density at radius 2 is 2.00 bits per heavy atom. The number of methoxy groups -OCH3 is 1. The Hall–Kier alpha value is -1.52. The summed E-state index contributed by atoms with van der Waals surface area (Å²) in [6, 6.07) is 10.8. The van der Waals surface area contributed by atoms with Crippen molar-refractivity contribution < 1.29 is 9.47 Å². The van der Waals surface area contributed by atoms with E-state index in [1.807, 2.05) is 5.38 Å². The zero-order valence-corrected chi connectivity index (χ0v) is 13.3. The molecule has 1 aromatic carbocycles. The molecule has 0 saturated heterocycles. The van der Waals surface area contributed by atoms with Gasteiger partial charge in [-0.25, -0.2) is 0 Å². The van der Waals surface area contributed by atoms with Gasteiger partial charge in [0.15, 0.2) is 0 Å². The summed E-state index contributed by atoms with van der Waals surface area (Å²) >= 11 is 1.72. The zero-order chi connectivity index (χ0) is 14.7. The fourth-order valence-electron chi connectivity index (χ4n) is 2.30. The Morgan fingerprint density at radius 1 is 1.24 bits per heavy atom. The summed E-state index contributed by atoms with van der Waals surface area (Å²) < 4.78 is 11.1. The summed E-state index contributed by atoms with van der Waals surface area (Å²) in [5.74, 6) is 1.90. The quantitative estimate of drug-likeness (QED) is 0.838. The minimum atomic E-state index is 0.207. The molecule has 0 aliphatic heterocycles. The number of nitrogens with one attached hydrogen (secondary N) is 1. The van der Waals surface area contributed by atoms with Crippen molar-refractivity contribution in [2.75, 3.05) is 13.7 Å². The summed E-state index contributed by atoms with van der Waals surface area (Å²) in [6.45, 7) is 3.05. The van der Waals surface area contributed by atoms with Crippen LogP contribution in [0.3, 0.4) is 0 Å². The standard InChI is InChI=1S/C17H21NO2S/c1-3-18-17(16-10-15(19-2)11-21-16)12-4-6-13(7-5-12)20-14-8-9-14/h4-7,10-11,14,17-18H,3,8-9H2,1-2H3. The second-order valence-corrected chi connectivity index (χ2v) is 6.21. The van der Waals surface area contributed by atoms with Crippen molar-refractivity contribution in [1.82, 2.24) is 5.32 Å². The molecule has 0 radical (unpaired) electrons. The first-order valence-corrected chi connectivity index (χ1v) is 8.30. The summed E-state index contributed by atoms with van der Waals surface area (Å²) in [4.78, 5) is 1.27. The fourth-order valence-corrected chi connectivity index (χ4v) is 3.25. The van der Waals surface area contributed by atoms with E-state index in [2.05, 4.69) is 42.6 Å². The van der Waals surface area contributed by atoms with Gasteiger partial charge in [-0.05, 0) is 43.1 Å². The normalized spacial score (nSPS) is 15.7. The van der Waals surface area contributed by atoms with Crippen molar-refractivity contribution in [3.63, 3.8) is 0 Å². The molecule has 0 amide bonds. The second kappa shape index (κ2) is 6.50. The SMILES string of the molecule is CCNC(c1ccc(OC2CC2)cc1)c1cc(OC)cs1. The number of hydrogen-bond acceptors (Lipinski definition) is 4. The predicted molar refractivity (Wildman–Crippen MR) is 86.5 cm³/mol. The molecule has 21 heavy (non-hydrogen) atoms. The molecule has 1 aromatic heterocycles. The molecule has 1 unspecified atom stereocenters. The Bertz CT molecular complexity index is 575. The molecule has 3 rings (SSSR count). The topological polar surface area (TPSA) is 30.5 Å². The summed E-state index contributed by atoms with van der Waals surface area (Å²) in [6.07, 6.45) is 2.83. The van der Waals surface area contributed by atoms with Gasteiger partial charge in [0.25, 0.3) is 0 Å². The molecule has 0 bridgehead atoms. The first-order chi connectivity index (χ1) is 10.3. The minimum absolute atomic E-state index is 0.207. The molecular weight excluding hydrogens is 282 g/mol. The molecule has 3 nitrogen and oxygen atoms in total. The van der Waals surface area contributed by atoms with Crippen LogP contribution in [0.4, 0.5) is 0 Å². The average molecular weight is 303 g/mol. The Labute approximate surface area is 129 Å². The number of ether oxygens (including phenoxy) is 2. The van der Waals surface area contributed by atoms with E-state index in [0.29, 0.717) is 6.10 Å². The predicted octanol–water partition coefficient (Wildman–Crippen LogP) is 4.00. The lowest BCUT2D eigenvalue weighted by Gasteiger charge is -2.17. The van der Waals surface area contributed by atoms with Crippen LogP contribution in [-0.4, -0.2) is 19.8 Å². The molecule has 1 fully saturated rings. The fraction of sp³-hybridized carbons (Fsp3) is 0.412. The van der Waals surface area contributed by atoms with E-state index in [0.717, 1.165) is 18.0 Å². The first kappa shape index (κ1) is 14.4. The van der Waals surface area contributed by atoms with Gasteiger partial charge in [0.2, 0.25) is 0 Å². The molecule has 0 spiro atoms. The number of benzene rings is 1. The van der Waals surface area contributed by atoms with Crippen LogP contribution in [0.15, 0.2) is 35.7 Å².